The smallest absolute Gasteiger partial charge is 0.326 e. The Labute approximate surface area is 187 Å². The quantitative estimate of drug-likeness (QED) is 0.536. The molecule has 0 saturated heterocycles. The van der Waals surface area contributed by atoms with Crippen molar-refractivity contribution in [1.82, 2.24) is 9.88 Å². The molecule has 8 heteroatoms. The third-order valence-electron chi connectivity index (χ3n) is 4.84. The van der Waals surface area contributed by atoms with Crippen LogP contribution in [0, 0.1) is 0 Å². The van der Waals surface area contributed by atoms with E-state index in [-0.39, 0.29) is 17.5 Å². The van der Waals surface area contributed by atoms with Crippen molar-refractivity contribution >= 4 is 27.8 Å². The van der Waals surface area contributed by atoms with Gasteiger partial charge in [0, 0.05) is 29.7 Å². The maximum atomic E-state index is 12.6. The topological polar surface area (TPSA) is 97.6 Å². The van der Waals surface area contributed by atoms with Crippen LogP contribution < -0.4 is 15.6 Å². The lowest BCUT2D eigenvalue weighted by Gasteiger charge is -2.16. The number of rotatable bonds is 7. The van der Waals surface area contributed by atoms with Crippen LogP contribution in [0.2, 0.25) is 0 Å². The number of carboxylic acids is 1. The van der Waals surface area contributed by atoms with E-state index in [0.29, 0.717) is 16.9 Å². The average molecular weight is 485 g/mol. The number of nitrogens with zero attached hydrogens (tertiary/aromatic N) is 1. The number of carbonyl (C=O) groups excluding carboxylic acids is 1. The van der Waals surface area contributed by atoms with Gasteiger partial charge in [-0.1, -0.05) is 40.2 Å². The molecule has 31 heavy (non-hydrogen) atoms. The fraction of sp³-hybridized carbons (Fsp3) is 0.174. The van der Waals surface area contributed by atoms with Gasteiger partial charge in [0.05, 0.1) is 12.7 Å². The van der Waals surface area contributed by atoms with E-state index in [1.54, 1.807) is 67.8 Å². The summed E-state index contributed by atoms with van der Waals surface area (Å²) >= 11 is 3.31. The number of aryl methyl sites for hydroxylation is 1. The Morgan fingerprint density at radius 2 is 1.87 bits per heavy atom. The van der Waals surface area contributed by atoms with Crippen LogP contribution in [-0.2, 0) is 18.3 Å². The van der Waals surface area contributed by atoms with Gasteiger partial charge in [-0.05, 0) is 41.5 Å². The molecule has 0 fully saturated rings. The van der Waals surface area contributed by atoms with Crippen molar-refractivity contribution < 1.29 is 19.4 Å². The summed E-state index contributed by atoms with van der Waals surface area (Å²) in [5, 5.41) is 12.2. The highest BCUT2D eigenvalue weighted by molar-refractivity contribution is 9.10. The van der Waals surface area contributed by atoms with Crippen molar-refractivity contribution in [2.24, 2.45) is 7.05 Å². The number of pyridine rings is 1. The van der Waals surface area contributed by atoms with Gasteiger partial charge in [-0.2, -0.15) is 0 Å². The van der Waals surface area contributed by atoms with Gasteiger partial charge in [0.1, 0.15) is 11.8 Å². The molecule has 3 aromatic rings. The van der Waals surface area contributed by atoms with Gasteiger partial charge in [0.15, 0.2) is 0 Å². The lowest BCUT2D eigenvalue weighted by molar-refractivity contribution is -0.139. The Morgan fingerprint density at radius 1 is 1.16 bits per heavy atom. The molecular formula is C23H21BrN2O5. The molecular weight excluding hydrogens is 464 g/mol. The Kier molecular flexibility index (Phi) is 6.91. The Balaban J connectivity index is 1.78. The van der Waals surface area contributed by atoms with E-state index >= 15 is 0 Å². The second-order valence-electron chi connectivity index (χ2n) is 6.95. The Hall–Kier alpha value is -3.39. The number of aromatic nitrogens is 1. The predicted octanol–water partition coefficient (Wildman–Crippen LogP) is 3.25. The number of ether oxygens (including phenoxy) is 1. The van der Waals surface area contributed by atoms with E-state index < -0.39 is 17.9 Å². The summed E-state index contributed by atoms with van der Waals surface area (Å²) in [5.74, 6) is -1.35. The average Bonchev–Trinajstić information content (AvgIpc) is 2.75. The van der Waals surface area contributed by atoms with Gasteiger partial charge in [0.25, 0.3) is 11.5 Å². The third-order valence-corrected chi connectivity index (χ3v) is 5.33. The number of benzene rings is 2. The standard InChI is InChI=1S/C23H21BrN2O5/c1-26-11-3-4-17(22(26)28)15-7-5-14(6-8-15)12-19(23(29)30)25-21(27)18-10-9-16(24)13-20(18)31-2/h3-11,13,19H,12H2,1-2H3,(H,25,27)(H,29,30)/t19-/m0/s1. The molecule has 0 spiro atoms. The summed E-state index contributed by atoms with van der Waals surface area (Å²) in [6.07, 6.45) is 1.77. The molecule has 1 atom stereocenters. The maximum absolute atomic E-state index is 12.6. The highest BCUT2D eigenvalue weighted by Gasteiger charge is 2.23. The lowest BCUT2D eigenvalue weighted by atomic mass is 10.0. The van der Waals surface area contributed by atoms with Crippen molar-refractivity contribution in [3.63, 3.8) is 0 Å². The SMILES string of the molecule is COc1cc(Br)ccc1C(=O)N[C@@H](Cc1ccc(-c2cccn(C)c2=O)cc1)C(=O)O. The Bertz CT molecular complexity index is 1170. The number of carbonyl (C=O) groups is 2. The van der Waals surface area contributed by atoms with Crippen molar-refractivity contribution in [3.8, 4) is 16.9 Å². The minimum absolute atomic E-state index is 0.0903. The number of nitrogens with one attached hydrogen (secondary N) is 1. The van der Waals surface area contributed by atoms with Crippen LogP contribution >= 0.6 is 15.9 Å². The summed E-state index contributed by atoms with van der Waals surface area (Å²) in [7, 11) is 3.12. The van der Waals surface area contributed by atoms with Crippen LogP contribution in [0.4, 0.5) is 0 Å². The number of hydrogen-bond donors (Lipinski definition) is 2. The van der Waals surface area contributed by atoms with Crippen LogP contribution in [0.5, 0.6) is 5.75 Å². The molecule has 0 saturated carbocycles. The van der Waals surface area contributed by atoms with Crippen LogP contribution in [0.25, 0.3) is 11.1 Å². The van der Waals surface area contributed by atoms with Crippen molar-refractivity contribution in [2.45, 2.75) is 12.5 Å². The monoisotopic (exact) mass is 484 g/mol. The van der Waals surface area contributed by atoms with Gasteiger partial charge < -0.3 is 19.7 Å². The molecule has 1 amide bonds. The zero-order valence-corrected chi connectivity index (χ0v) is 18.5. The van der Waals surface area contributed by atoms with Crippen LogP contribution in [0.3, 0.4) is 0 Å². The second-order valence-corrected chi connectivity index (χ2v) is 7.86. The normalized spacial score (nSPS) is 11.6. The van der Waals surface area contributed by atoms with E-state index in [1.807, 2.05) is 0 Å². The highest BCUT2D eigenvalue weighted by atomic mass is 79.9. The Morgan fingerprint density at radius 3 is 2.52 bits per heavy atom. The molecule has 2 N–H and O–H groups in total. The van der Waals surface area contributed by atoms with E-state index in [2.05, 4.69) is 21.2 Å². The largest absolute Gasteiger partial charge is 0.496 e. The number of methoxy groups -OCH3 is 1. The second kappa shape index (κ2) is 9.61. The van der Waals surface area contributed by atoms with Crippen LogP contribution in [-0.4, -0.2) is 34.7 Å². The predicted molar refractivity (Wildman–Crippen MR) is 120 cm³/mol. The van der Waals surface area contributed by atoms with Crippen molar-refractivity contribution in [3.05, 3.63) is 86.7 Å². The molecule has 0 radical (unpaired) electrons. The molecule has 7 nitrogen and oxygen atoms in total. The molecule has 0 unspecified atom stereocenters. The maximum Gasteiger partial charge on any atom is 0.326 e. The summed E-state index contributed by atoms with van der Waals surface area (Å²) in [5.41, 5.74) is 2.14. The zero-order chi connectivity index (χ0) is 22.5. The third kappa shape index (κ3) is 5.21. The van der Waals surface area contributed by atoms with E-state index in [0.717, 1.165) is 10.0 Å². The highest BCUT2D eigenvalue weighted by Crippen LogP contribution is 2.24. The zero-order valence-electron chi connectivity index (χ0n) is 17.0. The number of hydrogen-bond acceptors (Lipinski definition) is 4. The first-order valence-electron chi connectivity index (χ1n) is 9.42. The molecule has 160 valence electrons. The van der Waals surface area contributed by atoms with Gasteiger partial charge in [0.2, 0.25) is 0 Å². The summed E-state index contributed by atoms with van der Waals surface area (Å²) in [6, 6.07) is 14.3. The first kappa shape index (κ1) is 22.3. The molecule has 1 heterocycles. The summed E-state index contributed by atoms with van der Waals surface area (Å²) < 4.78 is 7.45. The lowest BCUT2D eigenvalue weighted by Crippen LogP contribution is -2.42. The van der Waals surface area contributed by atoms with Crippen molar-refractivity contribution in [2.75, 3.05) is 7.11 Å². The molecule has 3 rings (SSSR count). The van der Waals surface area contributed by atoms with E-state index in [4.69, 9.17) is 4.74 Å². The minimum Gasteiger partial charge on any atom is -0.496 e. The fourth-order valence-corrected chi connectivity index (χ4v) is 3.50. The number of amides is 1. The first-order valence-corrected chi connectivity index (χ1v) is 10.2. The van der Waals surface area contributed by atoms with E-state index in [9.17, 15) is 19.5 Å². The number of aliphatic carboxylic acids is 1. The van der Waals surface area contributed by atoms with Gasteiger partial charge >= 0.3 is 5.97 Å². The minimum atomic E-state index is -1.15. The molecule has 0 aliphatic carbocycles. The summed E-state index contributed by atoms with van der Waals surface area (Å²) in [6.45, 7) is 0. The van der Waals surface area contributed by atoms with Crippen molar-refractivity contribution in [1.29, 1.82) is 0 Å². The first-order chi connectivity index (χ1) is 14.8. The molecule has 1 aromatic heterocycles. The van der Waals surface area contributed by atoms with Crippen LogP contribution in [0.15, 0.2) is 70.1 Å². The number of carboxylic acid groups (broad SMARTS) is 1. The molecule has 0 aliphatic rings. The fourth-order valence-electron chi connectivity index (χ4n) is 3.16. The molecule has 0 aliphatic heterocycles. The molecule has 2 aromatic carbocycles. The van der Waals surface area contributed by atoms with Gasteiger partial charge in [-0.15, -0.1) is 0 Å². The van der Waals surface area contributed by atoms with Gasteiger partial charge in [-0.3, -0.25) is 9.59 Å². The van der Waals surface area contributed by atoms with E-state index in [1.165, 1.54) is 11.7 Å². The molecule has 0 bridgehead atoms. The summed E-state index contributed by atoms with van der Waals surface area (Å²) in [4.78, 5) is 36.7. The van der Waals surface area contributed by atoms with Gasteiger partial charge in [-0.25, -0.2) is 4.79 Å². The van der Waals surface area contributed by atoms with Crippen LogP contribution in [0.1, 0.15) is 15.9 Å². The number of halogens is 1.